The topological polar surface area (TPSA) is 64.1 Å². The summed E-state index contributed by atoms with van der Waals surface area (Å²) in [4.78, 5) is 20.4. The van der Waals surface area contributed by atoms with Crippen molar-refractivity contribution in [1.29, 1.82) is 0 Å². The third-order valence-electron chi connectivity index (χ3n) is 3.87. The maximum atomic E-state index is 11.8. The number of nitrogens with zero attached hydrogens (tertiary/aromatic N) is 2. The van der Waals surface area contributed by atoms with E-state index in [4.69, 9.17) is 4.74 Å². The fourth-order valence-corrected chi connectivity index (χ4v) is 3.13. The number of alkyl carbamates (subject to hydrolysis) is 1. The van der Waals surface area contributed by atoms with Gasteiger partial charge >= 0.3 is 6.09 Å². The number of rotatable bonds is 9. The largest absolute Gasteiger partial charge is 0.449 e. The first-order valence-corrected chi connectivity index (χ1v) is 9.36. The highest BCUT2D eigenvalue weighted by Gasteiger charge is 2.11. The maximum absolute atomic E-state index is 11.8. The van der Waals surface area contributed by atoms with Gasteiger partial charge in [-0.05, 0) is 24.5 Å². The average molecular weight is 347 g/mol. The van der Waals surface area contributed by atoms with Gasteiger partial charge in [0.2, 0.25) is 0 Å². The fourth-order valence-electron chi connectivity index (χ4n) is 2.32. The Morgan fingerprint density at radius 3 is 3.00 bits per heavy atom. The SMILES string of the molecule is CCCCC(CC)COC(=O)NCc1csc(-c2cccnc2)n1. The number of carbonyl (C=O) groups is 1. The number of carbonyl (C=O) groups excluding carboxylic acids is 1. The van der Waals surface area contributed by atoms with Crippen LogP contribution in [0.5, 0.6) is 0 Å². The molecule has 2 aromatic rings. The molecule has 2 rings (SSSR count). The Balaban J connectivity index is 1.75. The smallest absolute Gasteiger partial charge is 0.407 e. The highest BCUT2D eigenvalue weighted by molar-refractivity contribution is 7.13. The number of amides is 1. The van der Waals surface area contributed by atoms with E-state index in [0.29, 0.717) is 19.1 Å². The van der Waals surface area contributed by atoms with Crippen molar-refractivity contribution in [2.24, 2.45) is 5.92 Å². The third-order valence-corrected chi connectivity index (χ3v) is 4.81. The number of pyridine rings is 1. The summed E-state index contributed by atoms with van der Waals surface area (Å²) in [6.07, 6.45) is 7.64. The molecule has 1 N–H and O–H groups in total. The van der Waals surface area contributed by atoms with Crippen LogP contribution in [-0.4, -0.2) is 22.7 Å². The highest BCUT2D eigenvalue weighted by Crippen LogP contribution is 2.22. The number of nitrogens with one attached hydrogen (secondary N) is 1. The summed E-state index contributed by atoms with van der Waals surface area (Å²) in [5.41, 5.74) is 1.81. The van der Waals surface area contributed by atoms with Gasteiger partial charge in [-0.15, -0.1) is 11.3 Å². The molecule has 2 aromatic heterocycles. The minimum absolute atomic E-state index is 0.374. The molecule has 0 radical (unpaired) electrons. The number of aromatic nitrogens is 2. The van der Waals surface area contributed by atoms with Gasteiger partial charge in [-0.25, -0.2) is 9.78 Å². The van der Waals surface area contributed by atoms with Gasteiger partial charge in [0.15, 0.2) is 0 Å². The number of hydrogen-bond acceptors (Lipinski definition) is 5. The van der Waals surface area contributed by atoms with E-state index in [-0.39, 0.29) is 6.09 Å². The van der Waals surface area contributed by atoms with Crippen molar-refractivity contribution in [2.75, 3.05) is 6.61 Å². The Kier molecular flexibility index (Phi) is 7.68. The van der Waals surface area contributed by atoms with Crippen molar-refractivity contribution in [3.05, 3.63) is 35.6 Å². The van der Waals surface area contributed by atoms with Gasteiger partial charge < -0.3 is 10.1 Å². The molecular formula is C18H25N3O2S. The highest BCUT2D eigenvalue weighted by atomic mass is 32.1. The van der Waals surface area contributed by atoms with E-state index < -0.39 is 0 Å². The molecule has 0 aliphatic carbocycles. The number of hydrogen-bond donors (Lipinski definition) is 1. The standard InChI is InChI=1S/C18H25N3O2S/c1-3-5-7-14(4-2)12-23-18(22)20-11-16-13-24-17(21-16)15-8-6-9-19-10-15/h6,8-10,13-14H,3-5,7,11-12H2,1-2H3,(H,20,22). The summed E-state index contributed by atoms with van der Waals surface area (Å²) in [5, 5.41) is 5.61. The molecular weight excluding hydrogens is 322 g/mol. The van der Waals surface area contributed by atoms with Crippen molar-refractivity contribution in [1.82, 2.24) is 15.3 Å². The van der Waals surface area contributed by atoms with Crippen LogP contribution in [0.25, 0.3) is 10.6 Å². The maximum Gasteiger partial charge on any atom is 0.407 e. The number of unbranched alkanes of at least 4 members (excludes halogenated alkanes) is 1. The lowest BCUT2D eigenvalue weighted by atomic mass is 10.0. The van der Waals surface area contributed by atoms with Crippen molar-refractivity contribution in [3.8, 4) is 10.6 Å². The van der Waals surface area contributed by atoms with E-state index >= 15 is 0 Å². The molecule has 130 valence electrons. The predicted molar refractivity (Wildman–Crippen MR) is 96.8 cm³/mol. The van der Waals surface area contributed by atoms with Crippen molar-refractivity contribution >= 4 is 17.4 Å². The summed E-state index contributed by atoms with van der Waals surface area (Å²) in [5.74, 6) is 0.451. The number of thiazole rings is 1. The molecule has 0 bridgehead atoms. The normalized spacial score (nSPS) is 11.9. The molecule has 0 saturated heterocycles. The van der Waals surface area contributed by atoms with Crippen LogP contribution in [0.4, 0.5) is 4.79 Å². The van der Waals surface area contributed by atoms with Crippen LogP contribution in [0, 0.1) is 5.92 Å². The van der Waals surface area contributed by atoms with Crippen LogP contribution in [0.15, 0.2) is 29.9 Å². The zero-order valence-corrected chi connectivity index (χ0v) is 15.1. The van der Waals surface area contributed by atoms with Crippen LogP contribution in [0.2, 0.25) is 0 Å². The van der Waals surface area contributed by atoms with Gasteiger partial charge in [-0.2, -0.15) is 0 Å². The van der Waals surface area contributed by atoms with Crippen LogP contribution in [0.1, 0.15) is 45.2 Å². The first-order valence-electron chi connectivity index (χ1n) is 8.48. The Morgan fingerprint density at radius 1 is 1.42 bits per heavy atom. The predicted octanol–water partition coefficient (Wildman–Crippen LogP) is 4.65. The van der Waals surface area contributed by atoms with Gasteiger partial charge in [0.1, 0.15) is 5.01 Å². The quantitative estimate of drug-likeness (QED) is 0.717. The zero-order chi connectivity index (χ0) is 17.2. The monoisotopic (exact) mass is 347 g/mol. The van der Waals surface area contributed by atoms with E-state index in [9.17, 15) is 4.79 Å². The summed E-state index contributed by atoms with van der Waals surface area (Å²) in [6.45, 7) is 5.17. The van der Waals surface area contributed by atoms with E-state index in [1.165, 1.54) is 12.8 Å². The third kappa shape index (κ3) is 5.92. The van der Waals surface area contributed by atoms with Crippen molar-refractivity contribution < 1.29 is 9.53 Å². The molecule has 0 saturated carbocycles. The molecule has 1 atom stereocenters. The van der Waals surface area contributed by atoms with E-state index in [2.05, 4.69) is 29.1 Å². The second-order valence-electron chi connectivity index (χ2n) is 5.75. The lowest BCUT2D eigenvalue weighted by Crippen LogP contribution is -2.26. The number of ether oxygens (including phenoxy) is 1. The molecule has 0 aromatic carbocycles. The van der Waals surface area contributed by atoms with Crippen LogP contribution in [0.3, 0.4) is 0 Å². The first kappa shape index (κ1) is 18.4. The molecule has 2 heterocycles. The minimum atomic E-state index is -0.374. The second kappa shape index (κ2) is 10.0. The summed E-state index contributed by atoms with van der Waals surface area (Å²) >= 11 is 1.54. The summed E-state index contributed by atoms with van der Waals surface area (Å²) < 4.78 is 5.32. The first-order chi connectivity index (χ1) is 11.7. The Morgan fingerprint density at radius 2 is 2.29 bits per heavy atom. The second-order valence-corrected chi connectivity index (χ2v) is 6.61. The van der Waals surface area contributed by atoms with Crippen molar-refractivity contribution in [3.63, 3.8) is 0 Å². The molecule has 1 amide bonds. The fraction of sp³-hybridized carbons (Fsp3) is 0.500. The molecule has 0 spiro atoms. The molecule has 24 heavy (non-hydrogen) atoms. The molecule has 6 heteroatoms. The van der Waals surface area contributed by atoms with Crippen LogP contribution < -0.4 is 5.32 Å². The Bertz CT molecular complexity index is 616. The molecule has 0 aliphatic heterocycles. The summed E-state index contributed by atoms with van der Waals surface area (Å²) in [6, 6.07) is 3.85. The van der Waals surface area contributed by atoms with Gasteiger partial charge in [0.25, 0.3) is 0 Å². The zero-order valence-electron chi connectivity index (χ0n) is 14.3. The molecule has 0 aliphatic rings. The molecule has 0 fully saturated rings. The lowest BCUT2D eigenvalue weighted by Gasteiger charge is -2.14. The Hall–Kier alpha value is -1.95. The van der Waals surface area contributed by atoms with E-state index in [0.717, 1.165) is 29.1 Å². The average Bonchev–Trinajstić information content (AvgIpc) is 3.10. The van der Waals surface area contributed by atoms with Crippen LogP contribution in [-0.2, 0) is 11.3 Å². The Labute approximate surface area is 147 Å². The molecule has 5 nitrogen and oxygen atoms in total. The summed E-state index contributed by atoms with van der Waals surface area (Å²) in [7, 11) is 0. The van der Waals surface area contributed by atoms with Crippen LogP contribution >= 0.6 is 11.3 Å². The van der Waals surface area contributed by atoms with Gasteiger partial charge in [-0.3, -0.25) is 4.98 Å². The van der Waals surface area contributed by atoms with E-state index in [1.807, 2.05) is 17.5 Å². The molecule has 1 unspecified atom stereocenters. The van der Waals surface area contributed by atoms with Gasteiger partial charge in [0.05, 0.1) is 18.8 Å². The van der Waals surface area contributed by atoms with E-state index in [1.54, 1.807) is 23.7 Å². The minimum Gasteiger partial charge on any atom is -0.449 e. The van der Waals surface area contributed by atoms with Gasteiger partial charge in [0, 0.05) is 23.3 Å². The van der Waals surface area contributed by atoms with Crippen molar-refractivity contribution in [2.45, 2.75) is 46.1 Å². The van der Waals surface area contributed by atoms with Gasteiger partial charge in [-0.1, -0.05) is 33.1 Å². The lowest BCUT2D eigenvalue weighted by molar-refractivity contribution is 0.122.